The van der Waals surface area contributed by atoms with E-state index < -0.39 is 5.41 Å². The number of nitrogens with zero attached hydrogens (tertiary/aromatic N) is 2. The second-order valence-electron chi connectivity index (χ2n) is 41.1. The monoisotopic (exact) mass is 1420 g/mol. The second-order valence-corrected chi connectivity index (χ2v) is 41.1. The summed E-state index contributed by atoms with van der Waals surface area (Å²) < 4.78 is 5.39. The Labute approximate surface area is 650 Å². The summed E-state index contributed by atoms with van der Waals surface area (Å²) in [6.45, 7) is 57.0. The zero-order valence-electron chi connectivity index (χ0n) is 69.5. The van der Waals surface area contributed by atoms with Crippen molar-refractivity contribution >= 4 is 43.6 Å². The third-order valence-electron chi connectivity index (χ3n) is 25.4. The van der Waals surface area contributed by atoms with Gasteiger partial charge in [0.1, 0.15) is 0 Å². The van der Waals surface area contributed by atoms with Crippen molar-refractivity contribution in [1.82, 2.24) is 9.13 Å². The maximum atomic E-state index is 2.72. The van der Waals surface area contributed by atoms with Crippen molar-refractivity contribution < 1.29 is 0 Å². The molecule has 0 amide bonds. The van der Waals surface area contributed by atoms with Crippen LogP contribution in [0.2, 0.25) is 0 Å². The van der Waals surface area contributed by atoms with Gasteiger partial charge in [-0.05, 0) is 225 Å². The van der Waals surface area contributed by atoms with Gasteiger partial charge >= 0.3 is 0 Å². The Balaban J connectivity index is 1.09. The van der Waals surface area contributed by atoms with Crippen LogP contribution < -0.4 is 0 Å². The Hall–Kier alpha value is -9.76. The van der Waals surface area contributed by atoms with Crippen molar-refractivity contribution in [3.05, 3.63) is 331 Å². The molecule has 3 aliphatic rings. The lowest BCUT2D eigenvalue weighted by Gasteiger charge is -2.36. The molecule has 2 heteroatoms. The molecule has 2 aromatic heterocycles. The molecule has 0 aliphatic heterocycles. The summed E-state index contributed by atoms with van der Waals surface area (Å²) in [5, 5.41) is 5.04. The summed E-state index contributed by atoms with van der Waals surface area (Å²) >= 11 is 0. The van der Waals surface area contributed by atoms with Crippen molar-refractivity contribution in [2.24, 2.45) is 0 Å². The van der Waals surface area contributed by atoms with Crippen LogP contribution in [-0.2, 0) is 48.7 Å². The lowest BCUT2D eigenvalue weighted by molar-refractivity contribution is 0.588. The molecule has 2 heterocycles. The highest BCUT2D eigenvalue weighted by molar-refractivity contribution is 6.11. The average molecular weight is 1430 g/mol. The van der Waals surface area contributed by atoms with Gasteiger partial charge in [0.2, 0.25) is 0 Å². The molecule has 0 saturated carbocycles. The van der Waals surface area contributed by atoms with Gasteiger partial charge in [-0.15, -0.1) is 0 Å². The van der Waals surface area contributed by atoms with Crippen LogP contribution in [0.15, 0.2) is 231 Å². The number of aromatic nitrogens is 2. The van der Waals surface area contributed by atoms with Gasteiger partial charge in [-0.3, -0.25) is 0 Å². The van der Waals surface area contributed by atoms with E-state index in [9.17, 15) is 0 Å². The highest BCUT2D eigenvalue weighted by atomic mass is 15.0. The summed E-state index contributed by atoms with van der Waals surface area (Å²) in [6, 6.07) is 94.4. The van der Waals surface area contributed by atoms with Crippen LogP contribution in [0.25, 0.3) is 88.4 Å². The number of benzene rings is 12. The lowest BCUT2D eigenvalue weighted by Crippen LogP contribution is -2.30. The quantitative estimate of drug-likeness (QED) is 0.157. The Morgan fingerprint density at radius 2 is 0.450 bits per heavy atom. The van der Waals surface area contributed by atoms with Crippen LogP contribution in [-0.4, -0.2) is 9.13 Å². The Morgan fingerprint density at radius 3 is 0.697 bits per heavy atom. The van der Waals surface area contributed by atoms with Gasteiger partial charge in [-0.25, -0.2) is 0 Å². The van der Waals surface area contributed by atoms with E-state index in [-0.39, 0.29) is 55.2 Å². The van der Waals surface area contributed by atoms with Gasteiger partial charge < -0.3 is 9.13 Å². The summed E-state index contributed by atoms with van der Waals surface area (Å²) in [5.74, 6) is -0.232. The Bertz CT molecular complexity index is 5470. The summed E-state index contributed by atoms with van der Waals surface area (Å²) in [4.78, 5) is 0. The van der Waals surface area contributed by atoms with E-state index in [1.54, 1.807) is 0 Å². The summed E-state index contributed by atoms with van der Waals surface area (Å²) in [6.07, 6.45) is 0. The first-order valence-corrected chi connectivity index (χ1v) is 40.3. The number of rotatable bonds is 6. The van der Waals surface area contributed by atoms with Crippen molar-refractivity contribution in [1.29, 1.82) is 0 Å². The van der Waals surface area contributed by atoms with Crippen LogP contribution in [0.1, 0.15) is 278 Å². The molecule has 0 bridgehead atoms. The van der Waals surface area contributed by atoms with E-state index in [0.29, 0.717) is 0 Å². The maximum absolute atomic E-state index is 2.72. The van der Waals surface area contributed by atoms with Crippen LogP contribution in [0.3, 0.4) is 0 Å². The third-order valence-corrected chi connectivity index (χ3v) is 25.4. The number of hydrogen-bond acceptors (Lipinski definition) is 0. The van der Waals surface area contributed by atoms with E-state index >= 15 is 0 Å². The van der Waals surface area contributed by atoms with E-state index in [4.69, 9.17) is 0 Å². The molecule has 14 aromatic rings. The zero-order chi connectivity index (χ0) is 77.3. The maximum Gasteiger partial charge on any atom is 0.0715 e. The average Bonchev–Trinajstić information content (AvgIpc) is 1.56. The van der Waals surface area contributed by atoms with Crippen LogP contribution in [0, 0.1) is 0 Å². The molecule has 0 spiro atoms. The first kappa shape index (κ1) is 72.1. The first-order valence-electron chi connectivity index (χ1n) is 40.3. The summed E-state index contributed by atoms with van der Waals surface area (Å²) in [7, 11) is 0. The van der Waals surface area contributed by atoms with Crippen molar-refractivity contribution in [3.63, 3.8) is 0 Å². The topological polar surface area (TPSA) is 9.86 Å². The van der Waals surface area contributed by atoms with Gasteiger partial charge in [0, 0.05) is 44.8 Å². The van der Waals surface area contributed by atoms with Crippen LogP contribution in [0.4, 0.5) is 0 Å². The molecule has 0 saturated heterocycles. The minimum Gasteiger partial charge on any atom is -0.309 e. The fraction of sp³-hybridized carbons (Fsp3) is 0.327. The molecule has 3 aliphatic carbocycles. The molecule has 17 rings (SSSR count). The fourth-order valence-corrected chi connectivity index (χ4v) is 18.9. The lowest BCUT2D eigenvalue weighted by atomic mass is 9.66. The molecule has 109 heavy (non-hydrogen) atoms. The number of hydrogen-bond donors (Lipinski definition) is 0. The van der Waals surface area contributed by atoms with Gasteiger partial charge in [-0.1, -0.05) is 348 Å². The van der Waals surface area contributed by atoms with E-state index in [0.717, 1.165) is 11.4 Å². The van der Waals surface area contributed by atoms with Gasteiger partial charge in [-0.2, -0.15) is 0 Å². The number of fused-ring (bicyclic) bond motifs is 15. The highest BCUT2D eigenvalue weighted by Gasteiger charge is 2.49. The van der Waals surface area contributed by atoms with E-state index in [1.807, 2.05) is 0 Å². The van der Waals surface area contributed by atoms with Gasteiger partial charge in [0.25, 0.3) is 0 Å². The van der Waals surface area contributed by atoms with Gasteiger partial charge in [0.15, 0.2) is 0 Å². The molecule has 0 N–H and O–H groups in total. The predicted octanol–water partition coefficient (Wildman–Crippen LogP) is 28.9. The predicted molar refractivity (Wildman–Crippen MR) is 468 cm³/mol. The third kappa shape index (κ3) is 11.6. The molecule has 12 aromatic carbocycles. The fourth-order valence-electron chi connectivity index (χ4n) is 18.9. The van der Waals surface area contributed by atoms with Gasteiger partial charge in [0.05, 0.1) is 27.5 Å². The van der Waals surface area contributed by atoms with E-state index in [1.165, 1.54) is 177 Å². The molecule has 0 fully saturated rings. The van der Waals surface area contributed by atoms with Crippen LogP contribution in [0.5, 0.6) is 0 Å². The molecule has 0 unspecified atom stereocenters. The molecule has 0 radical (unpaired) electrons. The minimum atomic E-state index is -0.921. The SMILES string of the molecule is CC(C)(C)c1ccc2c(c1)C(c1cc(-n3c4cc(C(C)(C)C)ccc4c4ccc(C(C)(C)C)cc43)cc(C3(c4cc(C5c6cc(C(C)(C)C)ccc6-c6ccc(C(C)(C)C)cc65)cc(-n5c6cc(C(C)(C)C)ccc6c6ccc(C(C)(C)C)cc65)c4)c4ccccc4-c4ccccc43)c1)c1cc(C(C)(C)C)ccc1-2. The Kier molecular flexibility index (Phi) is 16.0. The second kappa shape index (κ2) is 24.1. The van der Waals surface area contributed by atoms with Crippen molar-refractivity contribution in [3.8, 4) is 44.8 Å². The zero-order valence-corrected chi connectivity index (χ0v) is 69.5. The largest absolute Gasteiger partial charge is 0.309 e. The minimum absolute atomic E-state index is 0.0948. The Morgan fingerprint density at radius 1 is 0.220 bits per heavy atom. The highest BCUT2D eigenvalue weighted by Crippen LogP contribution is 2.61. The standard InChI is InChI=1S/C107H112N2/c1-99(2,3)65-33-41-77-78-42-34-66(100(4,5)6)56-88(78)97(87(77)55-65)63-49-73(53-75(51-63)108-93-59-69(103(13,14)15)37-45-83(93)84-46-38-70(60-94(84)108)104(16,17)18)107(91-31-27-25-29-81(91)82-30-26-28-32-92(82)107)74-50-64(98-89-57-67(101(7,8)9)35-43-79(89)80-44-36-68(58-90(80)98)102(10,11)12)52-76(54-74)109-95-61-71(105(19,20)21)39-47-85(95)86-48-40-72(62-96(86)109)106(22,23)24/h25-62,97-98H,1-24H3. The molecule has 550 valence electrons. The van der Waals surface area contributed by atoms with Crippen molar-refractivity contribution in [2.75, 3.05) is 0 Å². The molecule has 0 atom stereocenters. The van der Waals surface area contributed by atoms with Crippen molar-refractivity contribution in [2.45, 2.75) is 227 Å². The molecular formula is C107H112N2. The first-order chi connectivity index (χ1) is 51.1. The molecule has 2 nitrogen and oxygen atoms in total. The molecular weight excluding hydrogens is 1310 g/mol. The smallest absolute Gasteiger partial charge is 0.0715 e. The van der Waals surface area contributed by atoms with E-state index in [2.05, 4.69) is 406 Å². The summed E-state index contributed by atoms with van der Waals surface area (Å²) in [5.41, 5.74) is 37.0. The van der Waals surface area contributed by atoms with Crippen LogP contribution >= 0.6 is 0 Å². The normalized spacial score (nSPS) is 14.8.